The molecule has 0 atom stereocenters. The maximum Gasteiger partial charge on any atom is 0.148 e. The van der Waals surface area contributed by atoms with Gasteiger partial charge in [-0.1, -0.05) is 29.5 Å². The van der Waals surface area contributed by atoms with Gasteiger partial charge in [0.1, 0.15) is 21.8 Å². The predicted octanol–water partition coefficient (Wildman–Crippen LogP) is 4.54. The lowest BCUT2D eigenvalue weighted by molar-refractivity contribution is 0.141. The van der Waals surface area contributed by atoms with Gasteiger partial charge in [-0.3, -0.25) is 4.90 Å². The van der Waals surface area contributed by atoms with Crippen molar-refractivity contribution in [3.63, 3.8) is 0 Å². The molecule has 0 aliphatic carbocycles. The normalized spacial score (nSPS) is 13.8. The number of fused-ring (bicyclic) bond motifs is 1. The number of ether oxygens (including phenoxy) is 2. The second-order valence-corrected chi connectivity index (χ2v) is 8.84. The first kappa shape index (κ1) is 21.4. The third-order valence-corrected chi connectivity index (χ3v) is 6.33. The molecule has 0 bridgehead atoms. The Labute approximate surface area is 187 Å². The lowest BCUT2D eigenvalue weighted by Gasteiger charge is -2.29. The van der Waals surface area contributed by atoms with E-state index in [4.69, 9.17) is 9.47 Å². The fourth-order valence-corrected chi connectivity index (χ4v) is 4.73. The molecule has 0 amide bonds. The Hall–Kier alpha value is -2.79. The van der Waals surface area contributed by atoms with Crippen LogP contribution in [0, 0.1) is 11.3 Å². The molecule has 0 radical (unpaired) electrons. The van der Waals surface area contributed by atoms with E-state index in [1.165, 1.54) is 11.1 Å². The van der Waals surface area contributed by atoms with Crippen LogP contribution in [0.15, 0.2) is 36.4 Å². The van der Waals surface area contributed by atoms with Crippen LogP contribution < -0.4 is 4.74 Å². The Morgan fingerprint density at radius 3 is 2.81 bits per heavy atom. The van der Waals surface area contributed by atoms with Crippen molar-refractivity contribution in [2.75, 3.05) is 26.8 Å². The van der Waals surface area contributed by atoms with Gasteiger partial charge in [-0.25, -0.2) is 0 Å². The Balaban J connectivity index is 1.60. The van der Waals surface area contributed by atoms with Gasteiger partial charge in [0.05, 0.1) is 18.3 Å². The number of hydrogen-bond acceptors (Lipinski definition) is 7. The van der Waals surface area contributed by atoms with E-state index in [2.05, 4.69) is 39.4 Å². The average Bonchev–Trinajstić information content (AvgIpc) is 3.27. The van der Waals surface area contributed by atoms with Crippen LogP contribution in [0.1, 0.15) is 30.5 Å². The summed E-state index contributed by atoms with van der Waals surface area (Å²) >= 11 is 1.56. The molecule has 0 fully saturated rings. The molecule has 0 saturated carbocycles. The van der Waals surface area contributed by atoms with Crippen molar-refractivity contribution in [2.24, 2.45) is 0 Å². The quantitative estimate of drug-likeness (QED) is 0.544. The summed E-state index contributed by atoms with van der Waals surface area (Å²) in [6, 6.07) is 14.3. The van der Waals surface area contributed by atoms with Crippen LogP contribution >= 0.6 is 11.3 Å². The largest absolute Gasteiger partial charge is 0.490 e. The second kappa shape index (κ2) is 9.56. The van der Waals surface area contributed by atoms with Crippen molar-refractivity contribution in [3.8, 4) is 33.0 Å². The zero-order valence-electron chi connectivity index (χ0n) is 18.1. The fourth-order valence-electron chi connectivity index (χ4n) is 3.84. The Kier molecular flexibility index (Phi) is 6.62. The highest BCUT2D eigenvalue weighted by Crippen LogP contribution is 2.36. The van der Waals surface area contributed by atoms with Crippen molar-refractivity contribution < 1.29 is 9.47 Å². The minimum atomic E-state index is 0.0146. The summed E-state index contributed by atoms with van der Waals surface area (Å²) in [6.07, 6.45) is 1.00. The van der Waals surface area contributed by atoms with Crippen LogP contribution in [0.3, 0.4) is 0 Å². The van der Waals surface area contributed by atoms with Crippen LogP contribution in [0.4, 0.5) is 0 Å². The smallest absolute Gasteiger partial charge is 0.148 e. The van der Waals surface area contributed by atoms with E-state index in [0.29, 0.717) is 11.3 Å². The van der Waals surface area contributed by atoms with Gasteiger partial charge in [0.2, 0.25) is 0 Å². The van der Waals surface area contributed by atoms with Crippen LogP contribution in [0.5, 0.6) is 5.75 Å². The fraction of sp³-hybridized carbons (Fsp3) is 0.375. The van der Waals surface area contributed by atoms with Gasteiger partial charge in [-0.15, -0.1) is 10.2 Å². The summed E-state index contributed by atoms with van der Waals surface area (Å²) in [5.74, 6) is 0.598. The summed E-state index contributed by atoms with van der Waals surface area (Å²) in [4.78, 5) is 2.42. The number of hydrogen-bond donors (Lipinski definition) is 0. The van der Waals surface area contributed by atoms with E-state index in [9.17, 15) is 5.26 Å². The highest BCUT2D eigenvalue weighted by molar-refractivity contribution is 7.17. The van der Waals surface area contributed by atoms with Crippen LogP contribution in [0.2, 0.25) is 0 Å². The molecule has 0 saturated heterocycles. The van der Waals surface area contributed by atoms with Crippen LogP contribution in [-0.2, 0) is 17.7 Å². The van der Waals surface area contributed by atoms with E-state index in [1.807, 2.05) is 32.0 Å². The molecule has 4 rings (SSSR count). The molecule has 1 aliphatic rings. The minimum absolute atomic E-state index is 0.0146. The highest BCUT2D eigenvalue weighted by atomic mass is 32.1. The molecule has 1 aromatic heterocycles. The average molecular weight is 435 g/mol. The first-order valence-corrected chi connectivity index (χ1v) is 11.3. The number of nitrogens with zero attached hydrogens (tertiary/aromatic N) is 4. The molecule has 1 aliphatic heterocycles. The van der Waals surface area contributed by atoms with E-state index in [1.54, 1.807) is 18.4 Å². The topological polar surface area (TPSA) is 71.3 Å². The van der Waals surface area contributed by atoms with Crippen molar-refractivity contribution in [1.82, 2.24) is 15.1 Å². The lowest BCUT2D eigenvalue weighted by Crippen LogP contribution is -2.33. The predicted molar refractivity (Wildman–Crippen MR) is 122 cm³/mol. The summed E-state index contributed by atoms with van der Waals surface area (Å²) in [7, 11) is 1.74. The third kappa shape index (κ3) is 4.77. The molecule has 0 spiro atoms. The Morgan fingerprint density at radius 2 is 2.03 bits per heavy atom. The van der Waals surface area contributed by atoms with Gasteiger partial charge < -0.3 is 9.47 Å². The number of methoxy groups -OCH3 is 1. The van der Waals surface area contributed by atoms with Gasteiger partial charge in [0, 0.05) is 37.9 Å². The summed E-state index contributed by atoms with van der Waals surface area (Å²) in [5.41, 5.74) is 5.26. The molecule has 2 heterocycles. The molecule has 3 aromatic rings. The molecule has 7 heteroatoms. The molecule has 0 unspecified atom stereocenters. The summed E-state index contributed by atoms with van der Waals surface area (Å²) in [5, 5.41) is 20.1. The molecular formula is C24H26N4O2S. The van der Waals surface area contributed by atoms with Gasteiger partial charge in [0.15, 0.2) is 0 Å². The minimum Gasteiger partial charge on any atom is -0.490 e. The third-order valence-electron chi connectivity index (χ3n) is 5.32. The van der Waals surface area contributed by atoms with Crippen molar-refractivity contribution in [1.29, 1.82) is 5.26 Å². The van der Waals surface area contributed by atoms with E-state index in [0.717, 1.165) is 53.8 Å². The monoisotopic (exact) mass is 434 g/mol. The summed E-state index contributed by atoms with van der Waals surface area (Å²) < 4.78 is 11.0. The number of nitriles is 1. The first-order chi connectivity index (χ1) is 15.1. The van der Waals surface area contributed by atoms with Crippen LogP contribution in [0.25, 0.3) is 21.1 Å². The van der Waals surface area contributed by atoms with Crippen molar-refractivity contribution in [3.05, 3.63) is 53.1 Å². The van der Waals surface area contributed by atoms with Gasteiger partial charge in [-0.2, -0.15) is 5.26 Å². The maximum absolute atomic E-state index is 9.52. The second-order valence-electron chi connectivity index (χ2n) is 7.86. The summed E-state index contributed by atoms with van der Waals surface area (Å²) in [6.45, 7) is 7.54. The molecule has 0 N–H and O–H groups in total. The zero-order chi connectivity index (χ0) is 21.8. The lowest BCUT2D eigenvalue weighted by atomic mass is 9.95. The number of rotatable bonds is 7. The van der Waals surface area contributed by atoms with E-state index in [-0.39, 0.29) is 6.10 Å². The maximum atomic E-state index is 9.52. The van der Waals surface area contributed by atoms with E-state index < -0.39 is 0 Å². The molecule has 160 valence electrons. The van der Waals surface area contributed by atoms with Gasteiger partial charge in [-0.05, 0) is 49.6 Å². The standard InChI is InChI=1S/C24H26N4O2S/c1-16(2)30-22-8-7-17(13-19(22)14-25)23-26-27-24(31-23)21-6-4-5-18-15-28(11-12-29-3)10-9-20(18)21/h4-8,13,16H,9-12,15H2,1-3H3. The van der Waals surface area contributed by atoms with Crippen molar-refractivity contribution in [2.45, 2.75) is 32.9 Å². The highest BCUT2D eigenvalue weighted by Gasteiger charge is 2.21. The zero-order valence-corrected chi connectivity index (χ0v) is 18.9. The molecule has 2 aromatic carbocycles. The molecule has 31 heavy (non-hydrogen) atoms. The first-order valence-electron chi connectivity index (χ1n) is 10.5. The number of benzene rings is 2. The van der Waals surface area contributed by atoms with Crippen molar-refractivity contribution >= 4 is 11.3 Å². The number of aromatic nitrogens is 2. The van der Waals surface area contributed by atoms with E-state index >= 15 is 0 Å². The Morgan fingerprint density at radius 1 is 1.19 bits per heavy atom. The van der Waals surface area contributed by atoms with Gasteiger partial charge in [0.25, 0.3) is 0 Å². The SMILES string of the molecule is COCCN1CCc2c(cccc2-c2nnc(-c3ccc(OC(C)C)c(C#N)c3)s2)C1. The van der Waals surface area contributed by atoms with Gasteiger partial charge >= 0.3 is 0 Å². The van der Waals surface area contributed by atoms with Crippen LogP contribution in [-0.4, -0.2) is 48.0 Å². The Bertz CT molecular complexity index is 1100. The molecular weight excluding hydrogens is 408 g/mol. The molecule has 6 nitrogen and oxygen atoms in total.